The van der Waals surface area contributed by atoms with E-state index in [4.69, 9.17) is 14.2 Å². The second-order valence-corrected chi connectivity index (χ2v) is 6.87. The van der Waals surface area contributed by atoms with Gasteiger partial charge in [-0.1, -0.05) is 0 Å². The number of rotatable bonds is 6. The third-order valence-electron chi connectivity index (χ3n) is 4.43. The van der Waals surface area contributed by atoms with Crippen LogP contribution in [0, 0.1) is 0 Å². The molecule has 7 heteroatoms. The lowest BCUT2D eigenvalue weighted by atomic mass is 10.0. The normalized spacial score (nSPS) is 17.0. The molecule has 1 aromatic heterocycles. The molecule has 0 bridgehead atoms. The number of benzene rings is 1. The molecule has 0 saturated carbocycles. The summed E-state index contributed by atoms with van der Waals surface area (Å²) in [6.45, 7) is 1.11. The molecule has 1 aromatic carbocycles. The third-order valence-corrected chi connectivity index (χ3v) is 5.41. The summed E-state index contributed by atoms with van der Waals surface area (Å²) in [5, 5.41) is 11.6. The number of carbonyl (C=O) groups is 1. The van der Waals surface area contributed by atoms with Gasteiger partial charge < -0.3 is 19.3 Å². The highest BCUT2D eigenvalue weighted by atomic mass is 32.1. The molecule has 0 fully saturated rings. The number of thiophene rings is 1. The van der Waals surface area contributed by atoms with Crippen LogP contribution in [0.5, 0.6) is 17.2 Å². The summed E-state index contributed by atoms with van der Waals surface area (Å²) in [6.07, 6.45) is 0.534. The summed E-state index contributed by atoms with van der Waals surface area (Å²) in [4.78, 5) is 14.9. The predicted octanol–water partition coefficient (Wildman–Crippen LogP) is 2.79. The van der Waals surface area contributed by atoms with Crippen molar-refractivity contribution >= 4 is 17.3 Å². The zero-order valence-electron chi connectivity index (χ0n) is 14.4. The van der Waals surface area contributed by atoms with Gasteiger partial charge in [-0.15, -0.1) is 11.3 Å². The van der Waals surface area contributed by atoms with Gasteiger partial charge in [0.2, 0.25) is 5.75 Å². The van der Waals surface area contributed by atoms with Gasteiger partial charge in [-0.25, -0.2) is 0 Å². The molecule has 25 heavy (non-hydrogen) atoms. The number of nitrogens with zero attached hydrogens (tertiary/aromatic N) is 1. The quantitative estimate of drug-likeness (QED) is 0.851. The maximum absolute atomic E-state index is 11.7. The highest BCUT2D eigenvalue weighted by molar-refractivity contribution is 7.10. The number of carboxylic acids is 1. The molecular formula is C18H21NO5S. The summed E-state index contributed by atoms with van der Waals surface area (Å²) in [5.74, 6) is 0.864. The first kappa shape index (κ1) is 17.6. The van der Waals surface area contributed by atoms with Gasteiger partial charge in [0.25, 0.3) is 0 Å². The fourth-order valence-electron chi connectivity index (χ4n) is 3.19. The second kappa shape index (κ2) is 7.33. The van der Waals surface area contributed by atoms with Crippen molar-refractivity contribution in [3.8, 4) is 17.2 Å². The van der Waals surface area contributed by atoms with Gasteiger partial charge in [0, 0.05) is 24.4 Å². The van der Waals surface area contributed by atoms with Gasteiger partial charge in [0.05, 0.1) is 21.3 Å². The van der Waals surface area contributed by atoms with Crippen LogP contribution in [0.3, 0.4) is 0 Å². The van der Waals surface area contributed by atoms with Gasteiger partial charge >= 0.3 is 5.97 Å². The van der Waals surface area contributed by atoms with E-state index in [0.717, 1.165) is 10.4 Å². The van der Waals surface area contributed by atoms with Crippen LogP contribution in [-0.4, -0.2) is 43.3 Å². The topological polar surface area (TPSA) is 68.2 Å². The Hall–Kier alpha value is -2.25. The highest BCUT2D eigenvalue weighted by Crippen LogP contribution is 2.39. The fourth-order valence-corrected chi connectivity index (χ4v) is 4.13. The van der Waals surface area contributed by atoms with E-state index < -0.39 is 12.0 Å². The monoisotopic (exact) mass is 363 g/mol. The van der Waals surface area contributed by atoms with Crippen molar-refractivity contribution in [3.05, 3.63) is 39.6 Å². The Morgan fingerprint density at radius 2 is 1.92 bits per heavy atom. The van der Waals surface area contributed by atoms with Crippen LogP contribution in [0.2, 0.25) is 0 Å². The van der Waals surface area contributed by atoms with Gasteiger partial charge in [-0.2, -0.15) is 0 Å². The first-order valence-electron chi connectivity index (χ1n) is 7.88. The summed E-state index contributed by atoms with van der Waals surface area (Å²) in [6, 6.07) is 5.26. The third kappa shape index (κ3) is 3.43. The minimum Gasteiger partial charge on any atom is -0.493 e. The number of hydrogen-bond donors (Lipinski definition) is 1. The van der Waals surface area contributed by atoms with E-state index in [1.807, 2.05) is 22.4 Å². The molecule has 0 saturated heterocycles. The standard InChI is InChI=1S/C18H21NO5S/c1-22-14-6-11(7-15(23-2)17(14)24-3)9-19-10-12-4-5-25-16(12)8-13(19)18(20)21/h4-7,13H,8-10H2,1-3H3,(H,20,21). The number of fused-ring (bicyclic) bond motifs is 1. The van der Waals surface area contributed by atoms with Crippen LogP contribution in [0.4, 0.5) is 0 Å². The van der Waals surface area contributed by atoms with Crippen molar-refractivity contribution in [2.24, 2.45) is 0 Å². The predicted molar refractivity (Wildman–Crippen MR) is 94.8 cm³/mol. The minimum absolute atomic E-state index is 0.489. The molecule has 0 amide bonds. The van der Waals surface area contributed by atoms with E-state index in [1.165, 1.54) is 5.56 Å². The molecule has 1 aliphatic heterocycles. The molecule has 134 valence electrons. The largest absolute Gasteiger partial charge is 0.493 e. The molecule has 1 unspecified atom stereocenters. The van der Waals surface area contributed by atoms with E-state index in [-0.39, 0.29) is 0 Å². The average Bonchev–Trinajstić information content (AvgIpc) is 3.07. The Morgan fingerprint density at radius 3 is 2.48 bits per heavy atom. The second-order valence-electron chi connectivity index (χ2n) is 5.87. The lowest BCUT2D eigenvalue weighted by Crippen LogP contribution is -2.44. The van der Waals surface area contributed by atoms with Gasteiger partial charge in [0.1, 0.15) is 6.04 Å². The van der Waals surface area contributed by atoms with E-state index >= 15 is 0 Å². The van der Waals surface area contributed by atoms with Crippen molar-refractivity contribution in [2.45, 2.75) is 25.6 Å². The maximum Gasteiger partial charge on any atom is 0.321 e. The van der Waals surface area contributed by atoms with Crippen LogP contribution in [0.25, 0.3) is 0 Å². The van der Waals surface area contributed by atoms with Gasteiger partial charge in [-0.05, 0) is 34.7 Å². The zero-order chi connectivity index (χ0) is 18.0. The molecule has 1 aliphatic rings. The van der Waals surface area contributed by atoms with Crippen molar-refractivity contribution in [1.82, 2.24) is 4.90 Å². The van der Waals surface area contributed by atoms with Crippen molar-refractivity contribution in [3.63, 3.8) is 0 Å². The van der Waals surface area contributed by atoms with Crippen LogP contribution < -0.4 is 14.2 Å². The number of ether oxygens (including phenoxy) is 3. The number of methoxy groups -OCH3 is 3. The molecule has 2 heterocycles. The Balaban J connectivity index is 1.91. The van der Waals surface area contributed by atoms with E-state index in [2.05, 4.69) is 6.07 Å². The lowest BCUT2D eigenvalue weighted by molar-refractivity contribution is -0.144. The van der Waals surface area contributed by atoms with Crippen LogP contribution >= 0.6 is 11.3 Å². The Kier molecular flexibility index (Phi) is 5.15. The average molecular weight is 363 g/mol. The van der Waals surface area contributed by atoms with E-state index in [1.54, 1.807) is 32.7 Å². The van der Waals surface area contributed by atoms with Crippen molar-refractivity contribution in [2.75, 3.05) is 21.3 Å². The maximum atomic E-state index is 11.7. The summed E-state index contributed by atoms with van der Waals surface area (Å²) in [5.41, 5.74) is 2.12. The van der Waals surface area contributed by atoms with Crippen LogP contribution in [-0.2, 0) is 24.3 Å². The molecule has 6 nitrogen and oxygen atoms in total. The molecule has 1 N–H and O–H groups in total. The van der Waals surface area contributed by atoms with E-state index in [9.17, 15) is 9.90 Å². The molecular weight excluding hydrogens is 342 g/mol. The smallest absolute Gasteiger partial charge is 0.321 e. The molecule has 0 aliphatic carbocycles. The lowest BCUT2D eigenvalue weighted by Gasteiger charge is -2.33. The molecule has 2 aromatic rings. The summed E-state index contributed by atoms with van der Waals surface area (Å²) < 4.78 is 16.1. The van der Waals surface area contributed by atoms with Crippen molar-refractivity contribution < 1.29 is 24.1 Å². The minimum atomic E-state index is -0.800. The Bertz CT molecular complexity index is 748. The first-order valence-corrected chi connectivity index (χ1v) is 8.76. The molecule has 0 spiro atoms. The number of carboxylic acid groups (broad SMARTS) is 1. The Morgan fingerprint density at radius 1 is 1.24 bits per heavy atom. The molecule has 1 atom stereocenters. The first-order chi connectivity index (χ1) is 12.1. The van der Waals surface area contributed by atoms with Crippen LogP contribution in [0.1, 0.15) is 16.0 Å². The summed E-state index contributed by atoms with van der Waals surface area (Å²) in [7, 11) is 4.70. The van der Waals surface area contributed by atoms with Gasteiger partial charge in [-0.3, -0.25) is 9.69 Å². The van der Waals surface area contributed by atoms with E-state index in [0.29, 0.717) is 36.8 Å². The summed E-state index contributed by atoms with van der Waals surface area (Å²) >= 11 is 1.63. The zero-order valence-corrected chi connectivity index (χ0v) is 15.3. The van der Waals surface area contributed by atoms with Crippen molar-refractivity contribution in [1.29, 1.82) is 0 Å². The molecule has 0 radical (unpaired) electrons. The SMILES string of the molecule is COc1cc(CN2Cc3ccsc3CC2C(=O)O)cc(OC)c1OC. The van der Waals surface area contributed by atoms with Gasteiger partial charge in [0.15, 0.2) is 11.5 Å². The fraction of sp³-hybridized carbons (Fsp3) is 0.389. The Labute approximate surface area is 150 Å². The highest BCUT2D eigenvalue weighted by Gasteiger charge is 2.32. The van der Waals surface area contributed by atoms with Crippen LogP contribution in [0.15, 0.2) is 23.6 Å². The number of hydrogen-bond acceptors (Lipinski definition) is 6. The number of aliphatic carboxylic acids is 1. The molecule has 3 rings (SSSR count).